The molecule has 0 radical (unpaired) electrons. The van der Waals surface area contributed by atoms with E-state index in [2.05, 4.69) is 5.10 Å². The summed E-state index contributed by atoms with van der Waals surface area (Å²) in [5, 5.41) is 5.05. The number of hydrogen-bond acceptors (Lipinski definition) is 4. The molecule has 0 spiro atoms. The molecule has 0 bridgehead atoms. The molecule has 0 unspecified atom stereocenters. The summed E-state index contributed by atoms with van der Waals surface area (Å²) in [5.74, 6) is -0.304. The Bertz CT molecular complexity index is 1120. The van der Waals surface area contributed by atoms with Crippen LogP contribution in [0.3, 0.4) is 0 Å². The van der Waals surface area contributed by atoms with Crippen molar-refractivity contribution in [2.24, 2.45) is 7.05 Å². The van der Waals surface area contributed by atoms with E-state index in [9.17, 15) is 9.59 Å². The Kier molecular flexibility index (Phi) is 6.10. The second-order valence-corrected chi connectivity index (χ2v) is 7.62. The number of rotatable bonds is 6. The predicted octanol–water partition coefficient (Wildman–Crippen LogP) is 5.14. The van der Waals surface area contributed by atoms with Gasteiger partial charge in [0.25, 0.3) is 0 Å². The van der Waals surface area contributed by atoms with Crippen LogP contribution in [0.1, 0.15) is 43.1 Å². The number of halogens is 2. The van der Waals surface area contributed by atoms with E-state index in [1.165, 1.54) is 4.68 Å². The van der Waals surface area contributed by atoms with Gasteiger partial charge in [0, 0.05) is 23.2 Å². The normalized spacial score (nSPS) is 10.8. The van der Waals surface area contributed by atoms with E-state index in [0.717, 1.165) is 5.56 Å². The van der Waals surface area contributed by atoms with Gasteiger partial charge in [-0.05, 0) is 44.5 Å². The Labute approximate surface area is 179 Å². The van der Waals surface area contributed by atoms with Gasteiger partial charge in [0.05, 0.1) is 10.7 Å². The summed E-state index contributed by atoms with van der Waals surface area (Å²) >= 11 is 12.4. The summed E-state index contributed by atoms with van der Waals surface area (Å²) in [6.07, 6.45) is 0. The first-order chi connectivity index (χ1) is 13.7. The molecule has 5 nitrogen and oxygen atoms in total. The van der Waals surface area contributed by atoms with E-state index in [0.29, 0.717) is 27.4 Å². The smallest absolute Gasteiger partial charge is 0.223 e. The van der Waals surface area contributed by atoms with Crippen molar-refractivity contribution in [3.63, 3.8) is 0 Å². The third kappa shape index (κ3) is 4.21. The van der Waals surface area contributed by atoms with Crippen LogP contribution in [0.25, 0.3) is 0 Å². The molecular formula is C22H20Cl2N2O3. The minimum atomic E-state index is -0.335. The molecule has 0 N–H and O–H groups in total. The van der Waals surface area contributed by atoms with Crippen LogP contribution >= 0.6 is 23.2 Å². The lowest BCUT2D eigenvalue weighted by atomic mass is 10.0. The maximum absolute atomic E-state index is 13.2. The average molecular weight is 431 g/mol. The maximum Gasteiger partial charge on any atom is 0.223 e. The molecule has 2 aromatic carbocycles. The topological polar surface area (TPSA) is 61.2 Å². The molecule has 1 heterocycles. The van der Waals surface area contributed by atoms with Crippen LogP contribution in [0.4, 0.5) is 0 Å². The lowest BCUT2D eigenvalue weighted by Gasteiger charge is -2.11. The lowest BCUT2D eigenvalue weighted by Crippen LogP contribution is -2.15. The van der Waals surface area contributed by atoms with E-state index in [-0.39, 0.29) is 34.6 Å². The number of aryl methyl sites for hydroxylation is 3. The minimum absolute atomic E-state index is 0.189. The Hall–Kier alpha value is -2.63. The van der Waals surface area contributed by atoms with Crippen LogP contribution in [0.2, 0.25) is 10.0 Å². The van der Waals surface area contributed by atoms with E-state index in [1.807, 2.05) is 19.1 Å². The number of ether oxygens (including phenoxy) is 1. The van der Waals surface area contributed by atoms with Crippen molar-refractivity contribution in [1.82, 2.24) is 9.78 Å². The largest absolute Gasteiger partial charge is 0.469 e. The Morgan fingerprint density at radius 1 is 1.10 bits per heavy atom. The van der Waals surface area contributed by atoms with Gasteiger partial charge in [0.2, 0.25) is 11.7 Å². The summed E-state index contributed by atoms with van der Waals surface area (Å²) < 4.78 is 7.19. The number of ketones is 2. The Morgan fingerprint density at radius 2 is 1.83 bits per heavy atom. The van der Waals surface area contributed by atoms with Crippen LogP contribution in [-0.4, -0.2) is 28.0 Å². The van der Waals surface area contributed by atoms with Crippen molar-refractivity contribution in [2.45, 2.75) is 20.8 Å². The zero-order chi connectivity index (χ0) is 21.3. The van der Waals surface area contributed by atoms with Gasteiger partial charge in [-0.15, -0.1) is 0 Å². The molecular weight excluding hydrogens is 411 g/mol. The highest BCUT2D eigenvalue weighted by atomic mass is 35.5. The number of carbonyl (C=O) groups excluding carboxylic acids is 2. The monoisotopic (exact) mass is 430 g/mol. The van der Waals surface area contributed by atoms with Crippen molar-refractivity contribution in [3.05, 3.63) is 80.0 Å². The molecule has 3 rings (SSSR count). The van der Waals surface area contributed by atoms with E-state index in [4.69, 9.17) is 27.9 Å². The standard InChI is InChI=1S/C22H20Cl2N2O3/c1-12-6-5-7-15(10-12)18(27)11-29-22-19(14(3)25-26(22)4)21(28)16-8-9-17(23)13(2)20(16)24/h5-10H,11H2,1-4H3. The third-order valence-corrected chi connectivity index (χ3v) is 5.54. The zero-order valence-electron chi connectivity index (χ0n) is 16.5. The van der Waals surface area contributed by atoms with Gasteiger partial charge in [0.1, 0.15) is 5.56 Å². The van der Waals surface area contributed by atoms with E-state index >= 15 is 0 Å². The Balaban J connectivity index is 1.91. The van der Waals surface area contributed by atoms with Crippen LogP contribution in [-0.2, 0) is 7.05 Å². The number of benzene rings is 2. The Morgan fingerprint density at radius 3 is 2.52 bits per heavy atom. The average Bonchev–Trinajstić information content (AvgIpc) is 2.96. The molecule has 3 aromatic rings. The van der Waals surface area contributed by atoms with Gasteiger partial charge in [-0.3, -0.25) is 9.59 Å². The summed E-state index contributed by atoms with van der Waals surface area (Å²) in [4.78, 5) is 25.7. The van der Waals surface area contributed by atoms with E-state index in [1.54, 1.807) is 45.2 Å². The van der Waals surface area contributed by atoms with Gasteiger partial charge in [-0.25, -0.2) is 4.68 Å². The molecule has 0 aliphatic carbocycles. The first-order valence-electron chi connectivity index (χ1n) is 8.96. The molecule has 0 aliphatic heterocycles. The van der Waals surface area contributed by atoms with Crippen LogP contribution in [0.5, 0.6) is 5.88 Å². The van der Waals surface area contributed by atoms with Crippen molar-refractivity contribution >= 4 is 34.8 Å². The fourth-order valence-electron chi connectivity index (χ4n) is 3.07. The number of hydrogen-bond donors (Lipinski definition) is 0. The highest BCUT2D eigenvalue weighted by molar-refractivity contribution is 6.38. The first kappa shape index (κ1) is 21.1. The lowest BCUT2D eigenvalue weighted by molar-refractivity contribution is 0.0908. The summed E-state index contributed by atoms with van der Waals surface area (Å²) in [5.41, 5.74) is 3.22. The zero-order valence-corrected chi connectivity index (χ0v) is 18.1. The molecule has 150 valence electrons. The highest BCUT2D eigenvalue weighted by Crippen LogP contribution is 2.32. The van der Waals surface area contributed by atoms with Crippen molar-refractivity contribution in [1.29, 1.82) is 0 Å². The number of nitrogens with zero attached hydrogens (tertiary/aromatic N) is 2. The quantitative estimate of drug-likeness (QED) is 0.507. The first-order valence-corrected chi connectivity index (χ1v) is 9.71. The second kappa shape index (κ2) is 8.39. The number of aromatic nitrogens is 2. The van der Waals surface area contributed by atoms with Crippen molar-refractivity contribution < 1.29 is 14.3 Å². The molecule has 0 aliphatic rings. The molecule has 29 heavy (non-hydrogen) atoms. The second-order valence-electron chi connectivity index (χ2n) is 6.83. The fourth-order valence-corrected chi connectivity index (χ4v) is 3.53. The van der Waals surface area contributed by atoms with E-state index < -0.39 is 0 Å². The highest BCUT2D eigenvalue weighted by Gasteiger charge is 2.26. The number of carbonyl (C=O) groups is 2. The summed E-state index contributed by atoms with van der Waals surface area (Å²) in [6, 6.07) is 10.5. The summed E-state index contributed by atoms with van der Waals surface area (Å²) in [7, 11) is 1.66. The molecule has 0 amide bonds. The van der Waals surface area contributed by atoms with Gasteiger partial charge in [-0.1, -0.05) is 47.0 Å². The molecule has 0 saturated carbocycles. The van der Waals surface area contributed by atoms with Crippen LogP contribution in [0, 0.1) is 20.8 Å². The maximum atomic E-state index is 13.2. The van der Waals surface area contributed by atoms with Crippen LogP contribution in [0.15, 0.2) is 36.4 Å². The number of Topliss-reactive ketones (excluding diaryl/α,β-unsaturated/α-hetero) is 1. The van der Waals surface area contributed by atoms with Crippen LogP contribution < -0.4 is 4.74 Å². The van der Waals surface area contributed by atoms with Crippen molar-refractivity contribution in [2.75, 3.05) is 6.61 Å². The summed E-state index contributed by atoms with van der Waals surface area (Å²) in [6.45, 7) is 5.15. The third-order valence-electron chi connectivity index (χ3n) is 4.64. The van der Waals surface area contributed by atoms with Gasteiger partial charge < -0.3 is 4.74 Å². The molecule has 7 heteroatoms. The van der Waals surface area contributed by atoms with Gasteiger partial charge in [-0.2, -0.15) is 5.10 Å². The molecule has 1 aromatic heterocycles. The molecule has 0 fully saturated rings. The minimum Gasteiger partial charge on any atom is -0.469 e. The fraction of sp³-hybridized carbons (Fsp3) is 0.227. The SMILES string of the molecule is Cc1cccc(C(=O)COc2c(C(=O)c3ccc(Cl)c(C)c3Cl)c(C)nn2C)c1. The van der Waals surface area contributed by atoms with Gasteiger partial charge in [0.15, 0.2) is 12.4 Å². The van der Waals surface area contributed by atoms with Crippen molar-refractivity contribution in [3.8, 4) is 5.88 Å². The van der Waals surface area contributed by atoms with Gasteiger partial charge >= 0.3 is 0 Å². The molecule has 0 atom stereocenters. The molecule has 0 saturated heterocycles. The predicted molar refractivity (Wildman–Crippen MR) is 114 cm³/mol.